The first-order valence-electron chi connectivity index (χ1n) is 18.8. The number of nitrogens with one attached hydrogen (secondary N) is 1. The van der Waals surface area contributed by atoms with Crippen molar-refractivity contribution in [2.24, 2.45) is 9.98 Å². The number of fused-ring (bicyclic) bond motifs is 7. The summed E-state index contributed by atoms with van der Waals surface area (Å²) in [6.07, 6.45) is -0.253. The summed E-state index contributed by atoms with van der Waals surface area (Å²) in [6.45, 7) is 0. The van der Waals surface area contributed by atoms with Crippen molar-refractivity contribution in [1.82, 2.24) is 14.9 Å². The number of hydrogen-bond donors (Lipinski definition) is 1. The zero-order valence-electron chi connectivity index (χ0n) is 30.2. The third-order valence-corrected chi connectivity index (χ3v) is 10.6. The summed E-state index contributed by atoms with van der Waals surface area (Å²) in [6, 6.07) is 64.9. The predicted molar refractivity (Wildman–Crippen MR) is 229 cm³/mol. The number of rotatable bonds is 6. The maximum Gasteiger partial charge on any atom is 0.161 e. The van der Waals surface area contributed by atoms with Crippen LogP contribution in [0.3, 0.4) is 0 Å². The minimum atomic E-state index is -0.253. The lowest BCUT2D eigenvalue weighted by molar-refractivity contribution is 0.674. The van der Waals surface area contributed by atoms with Gasteiger partial charge in [-0.2, -0.15) is 0 Å². The van der Waals surface area contributed by atoms with E-state index in [-0.39, 0.29) is 6.17 Å². The van der Waals surface area contributed by atoms with Gasteiger partial charge in [0.1, 0.15) is 23.1 Å². The van der Waals surface area contributed by atoms with Crippen molar-refractivity contribution in [2.75, 3.05) is 0 Å². The van der Waals surface area contributed by atoms with Crippen LogP contribution in [0.5, 0.6) is 0 Å². The smallest absolute Gasteiger partial charge is 0.161 e. The van der Waals surface area contributed by atoms with E-state index in [1.807, 2.05) is 42.5 Å². The summed E-state index contributed by atoms with van der Waals surface area (Å²) in [4.78, 5) is 15.4. The lowest BCUT2D eigenvalue weighted by Crippen LogP contribution is -2.33. The zero-order chi connectivity index (χ0) is 37.0. The molecule has 0 bridgehead atoms. The average molecular weight is 720 g/mol. The summed E-state index contributed by atoms with van der Waals surface area (Å²) in [5, 5.41) is 6.60. The van der Waals surface area contributed by atoms with Crippen LogP contribution in [0.15, 0.2) is 202 Å². The van der Waals surface area contributed by atoms with Gasteiger partial charge in [0.15, 0.2) is 11.4 Å². The number of amidine groups is 2. The molecule has 1 unspecified atom stereocenters. The van der Waals surface area contributed by atoms with Gasteiger partial charge in [0, 0.05) is 33.2 Å². The lowest BCUT2D eigenvalue weighted by atomic mass is 9.98. The molecule has 7 aromatic carbocycles. The van der Waals surface area contributed by atoms with Crippen molar-refractivity contribution in [1.29, 1.82) is 0 Å². The monoisotopic (exact) mass is 719 g/mol. The van der Waals surface area contributed by atoms with Crippen LogP contribution in [0.25, 0.3) is 71.9 Å². The number of aromatic nitrogens is 2. The molecule has 0 saturated carbocycles. The maximum absolute atomic E-state index is 6.91. The van der Waals surface area contributed by atoms with Gasteiger partial charge in [-0.1, -0.05) is 146 Å². The second kappa shape index (κ2) is 13.1. The molecular formula is C50H33N5O. The van der Waals surface area contributed by atoms with Gasteiger partial charge in [0.25, 0.3) is 0 Å². The van der Waals surface area contributed by atoms with E-state index in [1.54, 1.807) is 0 Å². The molecule has 10 aromatic rings. The summed E-state index contributed by atoms with van der Waals surface area (Å²) in [5.74, 6) is 1.49. The Bertz CT molecular complexity index is 3140. The molecule has 1 aliphatic rings. The van der Waals surface area contributed by atoms with E-state index >= 15 is 0 Å². The van der Waals surface area contributed by atoms with Crippen molar-refractivity contribution in [3.63, 3.8) is 0 Å². The Morgan fingerprint density at radius 3 is 1.96 bits per heavy atom. The first-order valence-corrected chi connectivity index (χ1v) is 18.8. The molecule has 6 nitrogen and oxygen atoms in total. The fraction of sp³-hybridized carbons (Fsp3) is 0.0200. The van der Waals surface area contributed by atoms with Crippen molar-refractivity contribution in [3.05, 3.63) is 205 Å². The van der Waals surface area contributed by atoms with Crippen molar-refractivity contribution >= 4 is 55.5 Å². The maximum atomic E-state index is 6.91. The van der Waals surface area contributed by atoms with E-state index in [0.29, 0.717) is 5.84 Å². The van der Waals surface area contributed by atoms with Crippen LogP contribution in [0.4, 0.5) is 0 Å². The number of aliphatic imine (C=N–C) groups is 2. The molecule has 4 heterocycles. The van der Waals surface area contributed by atoms with E-state index < -0.39 is 0 Å². The molecule has 1 atom stereocenters. The molecule has 6 heteroatoms. The molecule has 0 fully saturated rings. The summed E-state index contributed by atoms with van der Waals surface area (Å²) in [7, 11) is 0. The number of benzene rings is 7. The van der Waals surface area contributed by atoms with Gasteiger partial charge in [0.2, 0.25) is 0 Å². The van der Waals surface area contributed by atoms with E-state index in [2.05, 4.69) is 155 Å². The number of pyridine rings is 1. The van der Waals surface area contributed by atoms with Gasteiger partial charge in [0.05, 0.1) is 22.1 Å². The van der Waals surface area contributed by atoms with Gasteiger partial charge >= 0.3 is 0 Å². The highest BCUT2D eigenvalue weighted by Crippen LogP contribution is 2.44. The minimum absolute atomic E-state index is 0.253. The van der Waals surface area contributed by atoms with Crippen molar-refractivity contribution in [3.8, 4) is 28.1 Å². The Morgan fingerprint density at radius 1 is 0.518 bits per heavy atom. The highest BCUT2D eigenvalue weighted by Gasteiger charge is 2.25. The van der Waals surface area contributed by atoms with Crippen LogP contribution in [-0.4, -0.2) is 21.2 Å². The highest BCUT2D eigenvalue weighted by molar-refractivity contribution is 6.24. The van der Waals surface area contributed by atoms with Gasteiger partial charge in [-0.3, -0.25) is 0 Å². The average Bonchev–Trinajstić information content (AvgIpc) is 3.82. The largest absolute Gasteiger partial charge is 0.453 e. The van der Waals surface area contributed by atoms with Crippen LogP contribution in [-0.2, 0) is 0 Å². The molecule has 0 radical (unpaired) electrons. The molecule has 264 valence electrons. The quantitative estimate of drug-likeness (QED) is 0.186. The van der Waals surface area contributed by atoms with Crippen LogP contribution >= 0.6 is 0 Å². The number of para-hydroxylation sites is 3. The third-order valence-electron chi connectivity index (χ3n) is 10.6. The van der Waals surface area contributed by atoms with Gasteiger partial charge in [-0.05, 0) is 59.2 Å². The Hall–Kier alpha value is -7.57. The van der Waals surface area contributed by atoms with Crippen LogP contribution < -0.4 is 5.32 Å². The molecule has 0 amide bonds. The van der Waals surface area contributed by atoms with Gasteiger partial charge in [-0.25, -0.2) is 15.0 Å². The Labute approximate surface area is 322 Å². The minimum Gasteiger partial charge on any atom is -0.453 e. The van der Waals surface area contributed by atoms with E-state index in [9.17, 15) is 0 Å². The fourth-order valence-corrected chi connectivity index (χ4v) is 7.99. The Morgan fingerprint density at radius 2 is 1.16 bits per heavy atom. The van der Waals surface area contributed by atoms with Crippen molar-refractivity contribution in [2.45, 2.75) is 6.17 Å². The number of nitrogens with zero attached hydrogens (tertiary/aromatic N) is 4. The number of furan rings is 1. The standard InChI is InChI=1S/C50H33N5O/c1-4-15-33(16-5-1)48-52-49(34-17-6-2-7-18-34)54-50(53-48)35-29-27-32(28-30-35)36-19-14-20-37(31-36)44-43-45-47(56-46(43)39-23-10-12-25-41(39)51-44)40-24-11-13-26-42(40)55(45)38-21-8-3-9-22-38/h1-31,48H,(H,52,53,54). The first kappa shape index (κ1) is 31.9. The molecule has 0 spiro atoms. The molecular weight excluding hydrogens is 687 g/mol. The fourth-order valence-electron chi connectivity index (χ4n) is 7.99. The molecule has 56 heavy (non-hydrogen) atoms. The SMILES string of the molecule is c1ccc(C2=NC(c3ccc(-c4cccc(-c5nc6ccccc6c6oc7c8ccccc8n(-c8ccccc8)c7c56)c4)cc3)=NC(c3ccccc3)N2)cc1. The summed E-state index contributed by atoms with van der Waals surface area (Å²) < 4.78 is 9.23. The van der Waals surface area contributed by atoms with Crippen molar-refractivity contribution < 1.29 is 4.42 Å². The Balaban J connectivity index is 1.04. The third kappa shape index (κ3) is 5.30. The second-order valence-corrected chi connectivity index (χ2v) is 14.0. The lowest BCUT2D eigenvalue weighted by Gasteiger charge is -2.23. The first-order chi connectivity index (χ1) is 27.8. The highest BCUT2D eigenvalue weighted by atomic mass is 16.3. The topological polar surface area (TPSA) is 67.7 Å². The normalized spacial score (nSPS) is 14.2. The summed E-state index contributed by atoms with van der Waals surface area (Å²) >= 11 is 0. The molecule has 11 rings (SSSR count). The predicted octanol–water partition coefficient (Wildman–Crippen LogP) is 11.9. The number of hydrogen-bond acceptors (Lipinski definition) is 5. The van der Waals surface area contributed by atoms with E-state index in [4.69, 9.17) is 19.4 Å². The molecule has 1 N–H and O–H groups in total. The van der Waals surface area contributed by atoms with Crippen LogP contribution in [0.1, 0.15) is 22.9 Å². The van der Waals surface area contributed by atoms with Crippen LogP contribution in [0.2, 0.25) is 0 Å². The molecule has 3 aromatic heterocycles. The van der Waals surface area contributed by atoms with Crippen LogP contribution in [0, 0.1) is 0 Å². The molecule has 0 saturated heterocycles. The zero-order valence-corrected chi connectivity index (χ0v) is 30.2. The summed E-state index contributed by atoms with van der Waals surface area (Å²) in [5.41, 5.74) is 12.9. The van der Waals surface area contributed by atoms with E-state index in [1.165, 1.54) is 0 Å². The van der Waals surface area contributed by atoms with E-state index in [0.717, 1.165) is 94.5 Å². The molecule has 1 aliphatic heterocycles. The van der Waals surface area contributed by atoms with Gasteiger partial charge < -0.3 is 14.3 Å². The van der Waals surface area contributed by atoms with Gasteiger partial charge in [-0.15, -0.1) is 0 Å². The molecule has 0 aliphatic carbocycles. The second-order valence-electron chi connectivity index (χ2n) is 14.0. The Kier molecular flexibility index (Phi) is 7.45.